The van der Waals surface area contributed by atoms with Crippen LogP contribution in [0.3, 0.4) is 0 Å². The van der Waals surface area contributed by atoms with Crippen LogP contribution in [-0.4, -0.2) is 86.3 Å². The molecule has 0 radical (unpaired) electrons. The van der Waals surface area contributed by atoms with Gasteiger partial charge in [-0.2, -0.15) is 9.36 Å². The second kappa shape index (κ2) is 8.43. The van der Waals surface area contributed by atoms with Crippen LogP contribution < -0.4 is 11.1 Å². The molecule has 3 heterocycles. The van der Waals surface area contributed by atoms with Crippen LogP contribution >= 0.6 is 23.3 Å². The number of ether oxygens (including phenoxy) is 1. The van der Waals surface area contributed by atoms with Crippen LogP contribution in [0.1, 0.15) is 12.7 Å². The minimum absolute atomic E-state index is 0.0388. The summed E-state index contributed by atoms with van der Waals surface area (Å²) in [5.41, 5.74) is 3.87. The van der Waals surface area contributed by atoms with Gasteiger partial charge in [0.05, 0.1) is 0 Å². The normalized spacial score (nSPS) is 25.7. The van der Waals surface area contributed by atoms with Gasteiger partial charge in [0.1, 0.15) is 30.5 Å². The van der Waals surface area contributed by atoms with Crippen molar-refractivity contribution in [2.75, 3.05) is 31.7 Å². The van der Waals surface area contributed by atoms with Crippen LogP contribution in [-0.2, 0) is 28.8 Å². The van der Waals surface area contributed by atoms with E-state index in [1.807, 2.05) is 0 Å². The summed E-state index contributed by atoms with van der Waals surface area (Å²) in [4.78, 5) is 57.9. The molecule has 3 atom stereocenters. The van der Waals surface area contributed by atoms with Gasteiger partial charge in [0.25, 0.3) is 5.91 Å². The molecule has 0 aromatic carbocycles. The number of aliphatic carboxylic acids is 1. The largest absolute Gasteiger partial charge is 0.481 e. The molecule has 4 N–H and O–H groups in total. The van der Waals surface area contributed by atoms with Gasteiger partial charge in [0.2, 0.25) is 17.4 Å². The zero-order valence-electron chi connectivity index (χ0n) is 15.9. The molecule has 0 saturated carbocycles. The number of carboxylic acids is 1. The van der Waals surface area contributed by atoms with E-state index in [2.05, 4.69) is 24.7 Å². The summed E-state index contributed by atoms with van der Waals surface area (Å²) in [5, 5.41) is 15.4. The van der Waals surface area contributed by atoms with Gasteiger partial charge in [-0.1, -0.05) is 5.16 Å². The number of nitrogens with two attached hydrogens (primary N) is 1. The fourth-order valence-electron chi connectivity index (χ4n) is 2.96. The number of carboxylic acid groups (broad SMARTS) is 1. The number of thioether (sulfide) groups is 1. The number of carbonyl (C=O) groups is 4. The zero-order valence-corrected chi connectivity index (χ0v) is 17.5. The quantitative estimate of drug-likeness (QED) is 0.187. The lowest BCUT2D eigenvalue weighted by Crippen LogP contribution is -2.74. The van der Waals surface area contributed by atoms with Crippen molar-refractivity contribution in [3.8, 4) is 0 Å². The maximum absolute atomic E-state index is 12.6. The summed E-state index contributed by atoms with van der Waals surface area (Å²) in [6.07, 6.45) is 0. The fraction of sp³-hybridized carbons (Fsp3) is 0.533. The molecular weight excluding hydrogens is 440 g/mol. The van der Waals surface area contributed by atoms with E-state index < -0.39 is 40.6 Å². The first-order valence-corrected chi connectivity index (χ1v) is 10.3. The topological polar surface area (TPSA) is 186 Å². The van der Waals surface area contributed by atoms with Gasteiger partial charge >= 0.3 is 11.9 Å². The number of nitrogens with one attached hydrogen (secondary N) is 1. The van der Waals surface area contributed by atoms with Crippen molar-refractivity contribution in [1.82, 2.24) is 19.6 Å². The molecule has 2 unspecified atom stereocenters. The second-order valence-corrected chi connectivity index (χ2v) is 8.45. The average molecular weight is 458 g/mol. The fourth-order valence-corrected chi connectivity index (χ4v) is 4.92. The number of rotatable bonds is 7. The van der Waals surface area contributed by atoms with Crippen molar-refractivity contribution >= 4 is 57.9 Å². The Morgan fingerprint density at radius 3 is 2.77 bits per heavy atom. The SMILES string of the molecule is CON=C(C(=O)NC1C(=O)N2CC(COC(C)=O)(C(=O)O)CS[C@H]12)c1nsc(N)n1. The van der Waals surface area contributed by atoms with Crippen LogP contribution in [0.25, 0.3) is 0 Å². The number of oxime groups is 1. The molecule has 0 spiro atoms. The second-order valence-electron chi connectivity index (χ2n) is 6.56. The standard InChI is InChI=1S/C15H18N6O7S2/c1-6(22)28-4-15(13(25)26)3-21-11(24)8(12(21)29-5-15)17-10(23)7(19-27-2)9-18-14(16)30-20-9/h8,12H,3-5H2,1-2H3,(H,17,23)(H,25,26)(H2,16,18,20)/t8?,12-,15?/m1/s1. The first-order chi connectivity index (χ1) is 14.2. The molecule has 15 heteroatoms. The number of esters is 1. The Morgan fingerprint density at radius 1 is 1.47 bits per heavy atom. The van der Waals surface area contributed by atoms with Crippen molar-refractivity contribution in [1.29, 1.82) is 0 Å². The van der Waals surface area contributed by atoms with Crippen molar-refractivity contribution < 1.29 is 33.9 Å². The molecule has 0 bridgehead atoms. The highest BCUT2D eigenvalue weighted by atomic mass is 32.2. The van der Waals surface area contributed by atoms with Crippen molar-refractivity contribution in [2.24, 2.45) is 10.6 Å². The number of carbonyl (C=O) groups excluding carboxylic acids is 3. The minimum Gasteiger partial charge on any atom is -0.481 e. The van der Waals surface area contributed by atoms with E-state index in [0.717, 1.165) is 11.5 Å². The molecule has 3 rings (SSSR count). The predicted molar refractivity (Wildman–Crippen MR) is 104 cm³/mol. The van der Waals surface area contributed by atoms with E-state index in [1.165, 1.54) is 30.7 Å². The third kappa shape index (κ3) is 4.02. The lowest BCUT2D eigenvalue weighted by Gasteiger charge is -2.53. The highest BCUT2D eigenvalue weighted by molar-refractivity contribution is 8.00. The summed E-state index contributed by atoms with van der Waals surface area (Å²) in [7, 11) is 1.24. The number of nitrogens with zero attached hydrogens (tertiary/aromatic N) is 4. The molecule has 1 aromatic rings. The van der Waals surface area contributed by atoms with Gasteiger partial charge in [0, 0.05) is 30.8 Å². The molecule has 2 aliphatic rings. The number of nitrogen functional groups attached to an aromatic ring is 1. The third-order valence-corrected chi connectivity index (χ3v) is 6.62. The number of aromatic nitrogens is 2. The van der Waals surface area contributed by atoms with Gasteiger partial charge in [-0.15, -0.1) is 11.8 Å². The van der Waals surface area contributed by atoms with E-state index in [0.29, 0.717) is 0 Å². The highest BCUT2D eigenvalue weighted by Crippen LogP contribution is 2.42. The molecule has 13 nitrogen and oxygen atoms in total. The molecule has 30 heavy (non-hydrogen) atoms. The number of β-lactam (4-membered cyclic amide) rings is 1. The molecule has 162 valence electrons. The summed E-state index contributed by atoms with van der Waals surface area (Å²) in [6, 6.07) is -0.888. The Bertz CT molecular complexity index is 921. The number of hydrogen-bond donors (Lipinski definition) is 3. The zero-order chi connectivity index (χ0) is 22.1. The Labute approximate surface area is 178 Å². The Morgan fingerprint density at radius 2 is 2.20 bits per heavy atom. The minimum atomic E-state index is -1.41. The van der Waals surface area contributed by atoms with Crippen LogP contribution in [0.2, 0.25) is 0 Å². The number of amides is 2. The van der Waals surface area contributed by atoms with Gasteiger partial charge in [-0.05, 0) is 0 Å². The van der Waals surface area contributed by atoms with E-state index >= 15 is 0 Å². The van der Waals surface area contributed by atoms with Gasteiger partial charge < -0.3 is 30.6 Å². The van der Waals surface area contributed by atoms with E-state index in [9.17, 15) is 24.3 Å². The lowest BCUT2D eigenvalue weighted by atomic mass is 9.88. The molecule has 1 aromatic heterocycles. The Kier molecular flexibility index (Phi) is 6.12. The summed E-state index contributed by atoms with van der Waals surface area (Å²) in [6.45, 7) is 0.695. The molecule has 2 saturated heterocycles. The lowest BCUT2D eigenvalue weighted by molar-refractivity contribution is -0.164. The Balaban J connectivity index is 1.69. The van der Waals surface area contributed by atoms with Crippen LogP contribution in [0.4, 0.5) is 5.13 Å². The maximum Gasteiger partial charge on any atom is 0.315 e. The van der Waals surface area contributed by atoms with Crippen molar-refractivity contribution in [2.45, 2.75) is 18.3 Å². The van der Waals surface area contributed by atoms with Gasteiger partial charge in [0.15, 0.2) is 5.13 Å². The molecule has 2 amide bonds. The highest BCUT2D eigenvalue weighted by Gasteiger charge is 2.58. The molecule has 2 fully saturated rings. The van der Waals surface area contributed by atoms with Gasteiger partial charge in [-0.25, -0.2) is 0 Å². The summed E-state index contributed by atoms with van der Waals surface area (Å²) < 4.78 is 8.80. The van der Waals surface area contributed by atoms with Crippen LogP contribution in [0.5, 0.6) is 0 Å². The van der Waals surface area contributed by atoms with Crippen molar-refractivity contribution in [3.05, 3.63) is 5.82 Å². The van der Waals surface area contributed by atoms with E-state index in [1.54, 1.807) is 0 Å². The number of fused-ring (bicyclic) bond motifs is 1. The third-order valence-electron chi connectivity index (χ3n) is 4.49. The molecule has 0 aliphatic carbocycles. The number of hydrogen-bond acceptors (Lipinski definition) is 12. The van der Waals surface area contributed by atoms with Crippen LogP contribution in [0, 0.1) is 5.41 Å². The summed E-state index contributed by atoms with van der Waals surface area (Å²) >= 11 is 2.05. The maximum atomic E-state index is 12.6. The molecular formula is C15H18N6O7S2. The van der Waals surface area contributed by atoms with Gasteiger partial charge in [-0.3, -0.25) is 19.2 Å². The van der Waals surface area contributed by atoms with E-state index in [4.69, 9.17) is 10.5 Å². The molecule has 2 aliphatic heterocycles. The predicted octanol–water partition coefficient (Wildman–Crippen LogP) is -1.50. The van der Waals surface area contributed by atoms with Crippen LogP contribution in [0.15, 0.2) is 5.16 Å². The summed E-state index contributed by atoms with van der Waals surface area (Å²) in [5.74, 6) is -2.91. The smallest absolute Gasteiger partial charge is 0.315 e. The first kappa shape index (κ1) is 21.8. The average Bonchev–Trinajstić information content (AvgIpc) is 3.13. The number of anilines is 1. The first-order valence-electron chi connectivity index (χ1n) is 8.49. The Hall–Kier alpha value is -2.94. The van der Waals surface area contributed by atoms with Crippen molar-refractivity contribution in [3.63, 3.8) is 0 Å². The monoisotopic (exact) mass is 458 g/mol. The van der Waals surface area contributed by atoms with E-state index in [-0.39, 0.29) is 35.6 Å².